The molecule has 92 valence electrons. The van der Waals surface area contributed by atoms with Gasteiger partial charge in [0.25, 0.3) is 0 Å². The summed E-state index contributed by atoms with van der Waals surface area (Å²) in [6, 6.07) is 6.25. The molecule has 18 heavy (non-hydrogen) atoms. The van der Waals surface area contributed by atoms with Crippen LogP contribution in [0.2, 0.25) is 0 Å². The number of nitrogens with zero attached hydrogens (tertiary/aromatic N) is 3. The Bertz CT molecular complexity index is 515. The van der Waals surface area contributed by atoms with Crippen molar-refractivity contribution in [1.82, 2.24) is 4.90 Å². The smallest absolute Gasteiger partial charge is 0.179 e. The molecule has 0 N–H and O–H groups in total. The molecule has 4 nitrogen and oxygen atoms in total. The molecule has 0 atom stereocenters. The molecule has 0 spiro atoms. The third kappa shape index (κ3) is 3.62. The number of rotatable bonds is 5. The van der Waals surface area contributed by atoms with Gasteiger partial charge in [0.15, 0.2) is 5.78 Å². The molecule has 0 amide bonds. The van der Waals surface area contributed by atoms with Crippen LogP contribution in [0.4, 0.5) is 8.78 Å². The Morgan fingerprint density at radius 1 is 1.22 bits per heavy atom. The summed E-state index contributed by atoms with van der Waals surface area (Å²) >= 11 is 0. The van der Waals surface area contributed by atoms with Crippen molar-refractivity contribution in [3.63, 3.8) is 0 Å². The molecule has 0 aromatic heterocycles. The summed E-state index contributed by atoms with van der Waals surface area (Å²) in [5.74, 6) is -2.32. The second kappa shape index (κ2) is 6.43. The maximum absolute atomic E-state index is 13.3. The lowest BCUT2D eigenvalue weighted by Crippen LogP contribution is -2.31. The molecule has 6 heteroatoms. The Kier molecular flexibility index (Phi) is 4.91. The first-order valence-corrected chi connectivity index (χ1v) is 5.03. The van der Waals surface area contributed by atoms with E-state index in [4.69, 9.17) is 10.5 Å². The first-order valence-electron chi connectivity index (χ1n) is 5.03. The number of hydrogen-bond acceptors (Lipinski definition) is 4. The summed E-state index contributed by atoms with van der Waals surface area (Å²) in [6.45, 7) is -0.478. The minimum absolute atomic E-state index is 0.109. The summed E-state index contributed by atoms with van der Waals surface area (Å²) in [5, 5.41) is 17.0. The van der Waals surface area contributed by atoms with E-state index >= 15 is 0 Å². The van der Waals surface area contributed by atoms with E-state index in [1.165, 1.54) is 4.90 Å². The van der Waals surface area contributed by atoms with E-state index in [-0.39, 0.29) is 25.2 Å². The summed E-state index contributed by atoms with van der Waals surface area (Å²) in [6.07, 6.45) is 0. The molecule has 0 bridgehead atoms. The number of benzene rings is 1. The molecular weight excluding hydrogens is 240 g/mol. The Labute approximate surface area is 103 Å². The Morgan fingerprint density at radius 2 is 1.83 bits per heavy atom. The fourth-order valence-corrected chi connectivity index (χ4v) is 1.37. The van der Waals surface area contributed by atoms with Crippen LogP contribution in [0, 0.1) is 34.3 Å². The van der Waals surface area contributed by atoms with Gasteiger partial charge in [-0.3, -0.25) is 9.69 Å². The standard InChI is InChI=1S/C12H9F2N3O/c13-9-1-2-10(11(14)7-9)12(18)8-17(5-3-15)6-4-16/h1-2,7H,5-6,8H2. The normalized spacial score (nSPS) is 9.83. The van der Waals surface area contributed by atoms with Gasteiger partial charge in [0.2, 0.25) is 0 Å². The van der Waals surface area contributed by atoms with Crippen LogP contribution in [0.5, 0.6) is 0 Å². The molecule has 0 radical (unpaired) electrons. The second-order valence-corrected chi connectivity index (χ2v) is 3.51. The molecule has 0 aliphatic rings. The van der Waals surface area contributed by atoms with Gasteiger partial charge in [0, 0.05) is 6.07 Å². The van der Waals surface area contributed by atoms with Gasteiger partial charge >= 0.3 is 0 Å². The van der Waals surface area contributed by atoms with E-state index in [9.17, 15) is 13.6 Å². The first kappa shape index (κ1) is 13.8. The van der Waals surface area contributed by atoms with Crippen molar-refractivity contribution in [1.29, 1.82) is 10.5 Å². The minimum atomic E-state index is -0.950. The van der Waals surface area contributed by atoms with Crippen molar-refractivity contribution < 1.29 is 13.6 Å². The molecule has 0 unspecified atom stereocenters. The molecular formula is C12H9F2N3O. The molecule has 0 heterocycles. The summed E-state index contributed by atoms with van der Waals surface area (Å²) in [5.41, 5.74) is -0.253. The number of ketones is 1. The maximum Gasteiger partial charge on any atom is 0.179 e. The van der Waals surface area contributed by atoms with Crippen LogP contribution in [0.25, 0.3) is 0 Å². The van der Waals surface area contributed by atoms with Gasteiger partial charge in [-0.15, -0.1) is 0 Å². The highest BCUT2D eigenvalue weighted by Crippen LogP contribution is 2.10. The highest BCUT2D eigenvalue weighted by atomic mass is 19.1. The molecule has 0 saturated carbocycles. The third-order valence-corrected chi connectivity index (χ3v) is 2.19. The number of carbonyl (C=O) groups is 1. The van der Waals surface area contributed by atoms with Crippen molar-refractivity contribution in [2.45, 2.75) is 0 Å². The zero-order chi connectivity index (χ0) is 13.5. The fraction of sp³-hybridized carbons (Fsp3) is 0.250. The topological polar surface area (TPSA) is 67.9 Å². The van der Waals surface area contributed by atoms with Crippen LogP contribution in [-0.4, -0.2) is 30.3 Å². The summed E-state index contributed by atoms with van der Waals surface area (Å²) in [4.78, 5) is 13.0. The molecule has 0 fully saturated rings. The van der Waals surface area contributed by atoms with E-state index in [1.54, 1.807) is 12.1 Å². The van der Waals surface area contributed by atoms with Crippen LogP contribution in [0.1, 0.15) is 10.4 Å². The predicted octanol–water partition coefficient (Wildman–Crippen LogP) is 1.50. The molecule has 1 aromatic carbocycles. The van der Waals surface area contributed by atoms with Crippen LogP contribution in [-0.2, 0) is 0 Å². The fourth-order valence-electron chi connectivity index (χ4n) is 1.37. The van der Waals surface area contributed by atoms with Gasteiger partial charge in [0.05, 0.1) is 37.3 Å². The average Bonchev–Trinajstić information content (AvgIpc) is 2.29. The first-order chi connectivity index (χ1) is 8.58. The lowest BCUT2D eigenvalue weighted by molar-refractivity contribution is 0.0942. The van der Waals surface area contributed by atoms with E-state index < -0.39 is 17.4 Å². The number of hydrogen-bond donors (Lipinski definition) is 0. The van der Waals surface area contributed by atoms with Crippen LogP contribution < -0.4 is 0 Å². The zero-order valence-corrected chi connectivity index (χ0v) is 9.36. The number of halogens is 2. The number of carbonyl (C=O) groups excluding carboxylic acids is 1. The average molecular weight is 249 g/mol. The van der Waals surface area contributed by atoms with Gasteiger partial charge in [0.1, 0.15) is 11.6 Å². The minimum Gasteiger partial charge on any atom is -0.293 e. The maximum atomic E-state index is 13.3. The Balaban J connectivity index is 2.81. The summed E-state index contributed by atoms with van der Waals surface area (Å²) in [7, 11) is 0. The van der Waals surface area contributed by atoms with Crippen LogP contribution >= 0.6 is 0 Å². The second-order valence-electron chi connectivity index (χ2n) is 3.51. The van der Waals surface area contributed by atoms with Crippen molar-refractivity contribution >= 4 is 5.78 Å². The largest absolute Gasteiger partial charge is 0.293 e. The van der Waals surface area contributed by atoms with Crippen molar-refractivity contribution in [2.24, 2.45) is 0 Å². The van der Waals surface area contributed by atoms with Gasteiger partial charge in [-0.1, -0.05) is 0 Å². The van der Waals surface area contributed by atoms with E-state index in [0.717, 1.165) is 12.1 Å². The molecule has 0 aliphatic heterocycles. The quantitative estimate of drug-likeness (QED) is 0.585. The number of nitriles is 2. The third-order valence-electron chi connectivity index (χ3n) is 2.19. The monoisotopic (exact) mass is 249 g/mol. The van der Waals surface area contributed by atoms with Gasteiger partial charge in [-0.05, 0) is 12.1 Å². The van der Waals surface area contributed by atoms with Crippen LogP contribution in [0.3, 0.4) is 0 Å². The van der Waals surface area contributed by atoms with Crippen molar-refractivity contribution in [3.8, 4) is 12.1 Å². The van der Waals surface area contributed by atoms with Gasteiger partial charge < -0.3 is 0 Å². The van der Waals surface area contributed by atoms with E-state index in [2.05, 4.69) is 0 Å². The van der Waals surface area contributed by atoms with Crippen LogP contribution in [0.15, 0.2) is 18.2 Å². The molecule has 0 aliphatic carbocycles. The Morgan fingerprint density at radius 3 is 2.33 bits per heavy atom. The Hall–Kier alpha value is -2.31. The molecule has 1 aromatic rings. The lowest BCUT2D eigenvalue weighted by Gasteiger charge is -2.14. The van der Waals surface area contributed by atoms with Gasteiger partial charge in [-0.25, -0.2) is 8.78 Å². The molecule has 1 rings (SSSR count). The number of Topliss-reactive ketones (excluding diaryl/α,β-unsaturated/α-hetero) is 1. The highest BCUT2D eigenvalue weighted by Gasteiger charge is 2.16. The van der Waals surface area contributed by atoms with E-state index in [0.29, 0.717) is 6.07 Å². The highest BCUT2D eigenvalue weighted by molar-refractivity contribution is 5.97. The summed E-state index contributed by atoms with van der Waals surface area (Å²) < 4.78 is 26.0. The predicted molar refractivity (Wildman–Crippen MR) is 58.4 cm³/mol. The van der Waals surface area contributed by atoms with Crippen molar-refractivity contribution in [2.75, 3.05) is 19.6 Å². The SMILES string of the molecule is N#CCN(CC#N)CC(=O)c1ccc(F)cc1F. The van der Waals surface area contributed by atoms with Crippen molar-refractivity contribution in [3.05, 3.63) is 35.4 Å². The lowest BCUT2D eigenvalue weighted by atomic mass is 10.1. The zero-order valence-electron chi connectivity index (χ0n) is 9.36. The van der Waals surface area contributed by atoms with Gasteiger partial charge in [-0.2, -0.15) is 10.5 Å². The van der Waals surface area contributed by atoms with E-state index in [1.807, 2.05) is 0 Å². The molecule has 0 saturated heterocycles.